The van der Waals surface area contributed by atoms with Gasteiger partial charge < -0.3 is 14.2 Å². The van der Waals surface area contributed by atoms with E-state index in [1.165, 1.54) is 10.5 Å². The molecule has 0 spiro atoms. The Morgan fingerprint density at radius 3 is 2.31 bits per heavy atom. The van der Waals surface area contributed by atoms with Crippen LogP contribution >= 0.6 is 11.8 Å². The van der Waals surface area contributed by atoms with Crippen molar-refractivity contribution in [2.45, 2.75) is 13.8 Å². The van der Waals surface area contributed by atoms with Crippen LogP contribution in [-0.4, -0.2) is 42.4 Å². The van der Waals surface area contributed by atoms with Crippen molar-refractivity contribution in [2.24, 2.45) is 0 Å². The smallest absolute Gasteiger partial charge is 0.293 e. The van der Waals surface area contributed by atoms with Gasteiger partial charge in [0.1, 0.15) is 37.1 Å². The number of carbonyl (C=O) groups is 2. The molecule has 35 heavy (non-hydrogen) atoms. The Kier molecular flexibility index (Phi) is 8.11. The summed E-state index contributed by atoms with van der Waals surface area (Å²) in [5, 5.41) is -0.306. The van der Waals surface area contributed by atoms with E-state index in [2.05, 4.69) is 0 Å². The Hall–Kier alpha value is -3.71. The number of para-hydroxylation sites is 1. The van der Waals surface area contributed by atoms with Gasteiger partial charge in [0.05, 0.1) is 11.4 Å². The number of thioether (sulfide) groups is 1. The Morgan fingerprint density at radius 2 is 1.51 bits per heavy atom. The van der Waals surface area contributed by atoms with Gasteiger partial charge in [-0.1, -0.05) is 48.0 Å². The van der Waals surface area contributed by atoms with Crippen molar-refractivity contribution in [1.29, 1.82) is 0 Å². The summed E-state index contributed by atoms with van der Waals surface area (Å²) in [6.07, 6.45) is 1.70. The van der Waals surface area contributed by atoms with Gasteiger partial charge in [0.2, 0.25) is 0 Å². The lowest BCUT2D eigenvalue weighted by Crippen LogP contribution is -2.32. The highest BCUT2D eigenvalue weighted by Crippen LogP contribution is 2.34. The van der Waals surface area contributed by atoms with Gasteiger partial charge in [-0.15, -0.1) is 0 Å². The summed E-state index contributed by atoms with van der Waals surface area (Å²) < 4.78 is 17.3. The maximum Gasteiger partial charge on any atom is 0.293 e. The number of aryl methyl sites for hydroxylation is 2. The van der Waals surface area contributed by atoms with Gasteiger partial charge in [0.15, 0.2) is 0 Å². The normalized spacial score (nSPS) is 14.5. The molecule has 0 aliphatic carbocycles. The van der Waals surface area contributed by atoms with Crippen LogP contribution in [-0.2, 0) is 4.79 Å². The lowest BCUT2D eigenvalue weighted by atomic mass is 10.2. The number of ether oxygens (including phenoxy) is 3. The van der Waals surface area contributed by atoms with E-state index in [1.54, 1.807) is 6.08 Å². The molecule has 0 bridgehead atoms. The van der Waals surface area contributed by atoms with Crippen LogP contribution < -0.4 is 14.2 Å². The molecule has 2 amide bonds. The van der Waals surface area contributed by atoms with Gasteiger partial charge in [-0.05, 0) is 67.6 Å². The molecule has 3 aromatic carbocycles. The van der Waals surface area contributed by atoms with Gasteiger partial charge in [-0.2, -0.15) is 0 Å². The molecule has 0 saturated carbocycles. The molecule has 180 valence electrons. The lowest BCUT2D eigenvalue weighted by molar-refractivity contribution is -0.123. The standard InChI is InChI=1S/C28H27NO5S/c1-20-10-12-23(13-11-20)33-16-17-34-25-9-4-3-7-22(25)19-26-27(30)29(28(31)35-26)14-15-32-24-8-5-6-21(2)18-24/h3-13,18-19H,14-17H2,1-2H3/b26-19-. The molecule has 1 fully saturated rings. The summed E-state index contributed by atoms with van der Waals surface area (Å²) in [5.74, 6) is 1.79. The van der Waals surface area contributed by atoms with E-state index in [0.29, 0.717) is 29.6 Å². The Labute approximate surface area is 209 Å². The summed E-state index contributed by atoms with van der Waals surface area (Å²) in [7, 11) is 0. The second kappa shape index (κ2) is 11.6. The number of carbonyl (C=O) groups excluding carboxylic acids is 2. The molecule has 4 rings (SSSR count). The summed E-state index contributed by atoms with van der Waals surface area (Å²) in [5.41, 5.74) is 2.98. The molecule has 3 aromatic rings. The quantitative estimate of drug-likeness (QED) is 0.262. The minimum Gasteiger partial charge on any atom is -0.492 e. The third-order valence-corrected chi connectivity index (χ3v) is 6.19. The fourth-order valence-corrected chi connectivity index (χ4v) is 4.33. The summed E-state index contributed by atoms with van der Waals surface area (Å²) in [4.78, 5) is 26.9. The van der Waals surface area contributed by atoms with Crippen LogP contribution in [0.5, 0.6) is 17.2 Å². The maximum absolute atomic E-state index is 12.9. The van der Waals surface area contributed by atoms with Crippen molar-refractivity contribution in [1.82, 2.24) is 4.90 Å². The zero-order chi connectivity index (χ0) is 24.6. The van der Waals surface area contributed by atoms with E-state index < -0.39 is 0 Å². The molecular formula is C28H27NO5S. The van der Waals surface area contributed by atoms with E-state index in [0.717, 1.165) is 28.6 Å². The number of imide groups is 1. The van der Waals surface area contributed by atoms with Crippen LogP contribution in [0.25, 0.3) is 6.08 Å². The number of hydrogen-bond acceptors (Lipinski definition) is 6. The van der Waals surface area contributed by atoms with Crippen LogP contribution in [0, 0.1) is 13.8 Å². The number of rotatable bonds is 10. The molecule has 1 aliphatic rings. The molecule has 0 unspecified atom stereocenters. The van der Waals surface area contributed by atoms with Gasteiger partial charge in [0, 0.05) is 5.56 Å². The van der Waals surface area contributed by atoms with Gasteiger partial charge in [-0.25, -0.2) is 0 Å². The van der Waals surface area contributed by atoms with Crippen molar-refractivity contribution < 1.29 is 23.8 Å². The summed E-state index contributed by atoms with van der Waals surface area (Å²) >= 11 is 0.924. The van der Waals surface area contributed by atoms with Crippen molar-refractivity contribution in [3.63, 3.8) is 0 Å². The number of amides is 2. The molecule has 1 saturated heterocycles. The van der Waals surface area contributed by atoms with Gasteiger partial charge in [0.25, 0.3) is 11.1 Å². The first kappa shape index (κ1) is 24.4. The molecule has 0 aromatic heterocycles. The molecular weight excluding hydrogens is 462 g/mol. The molecule has 0 atom stereocenters. The van der Waals surface area contributed by atoms with Crippen molar-refractivity contribution in [2.75, 3.05) is 26.4 Å². The number of nitrogens with zero attached hydrogens (tertiary/aromatic N) is 1. The highest BCUT2D eigenvalue weighted by molar-refractivity contribution is 8.18. The predicted molar refractivity (Wildman–Crippen MR) is 138 cm³/mol. The first-order valence-corrected chi connectivity index (χ1v) is 12.2. The largest absolute Gasteiger partial charge is 0.492 e. The fraction of sp³-hybridized carbons (Fsp3) is 0.214. The summed E-state index contributed by atoms with van der Waals surface area (Å²) in [6.45, 7) is 5.15. The number of benzene rings is 3. The van der Waals surface area contributed by atoms with Gasteiger partial charge in [-0.3, -0.25) is 14.5 Å². The lowest BCUT2D eigenvalue weighted by Gasteiger charge is -2.13. The zero-order valence-electron chi connectivity index (χ0n) is 19.7. The predicted octanol–water partition coefficient (Wildman–Crippen LogP) is 5.88. The molecule has 1 heterocycles. The summed E-state index contributed by atoms with van der Waals surface area (Å²) in [6, 6.07) is 22.9. The van der Waals surface area contributed by atoms with Crippen LogP contribution in [0.15, 0.2) is 77.7 Å². The van der Waals surface area contributed by atoms with Crippen LogP contribution in [0.4, 0.5) is 4.79 Å². The van der Waals surface area contributed by atoms with Crippen LogP contribution in [0.1, 0.15) is 16.7 Å². The monoisotopic (exact) mass is 489 g/mol. The average molecular weight is 490 g/mol. The van der Waals surface area contributed by atoms with Crippen molar-refractivity contribution in [3.05, 3.63) is 94.4 Å². The van der Waals surface area contributed by atoms with Crippen molar-refractivity contribution in [3.8, 4) is 17.2 Å². The third-order valence-electron chi connectivity index (χ3n) is 5.28. The van der Waals surface area contributed by atoms with E-state index in [9.17, 15) is 9.59 Å². The van der Waals surface area contributed by atoms with Gasteiger partial charge >= 0.3 is 0 Å². The minimum atomic E-state index is -0.328. The molecule has 0 radical (unpaired) electrons. The van der Waals surface area contributed by atoms with E-state index in [-0.39, 0.29) is 24.3 Å². The third kappa shape index (κ3) is 6.67. The molecule has 6 nitrogen and oxygen atoms in total. The second-order valence-electron chi connectivity index (χ2n) is 8.05. The minimum absolute atomic E-state index is 0.185. The molecule has 0 N–H and O–H groups in total. The highest BCUT2D eigenvalue weighted by atomic mass is 32.2. The van der Waals surface area contributed by atoms with Crippen LogP contribution in [0.2, 0.25) is 0 Å². The van der Waals surface area contributed by atoms with Crippen LogP contribution in [0.3, 0.4) is 0 Å². The van der Waals surface area contributed by atoms with E-state index in [4.69, 9.17) is 14.2 Å². The molecule has 1 aliphatic heterocycles. The Balaban J connectivity index is 1.33. The Bertz CT molecular complexity index is 1220. The zero-order valence-corrected chi connectivity index (χ0v) is 20.5. The second-order valence-corrected chi connectivity index (χ2v) is 9.04. The SMILES string of the molecule is Cc1ccc(OCCOc2ccccc2/C=C2\SC(=O)N(CCOc3cccc(C)c3)C2=O)cc1. The first-order valence-electron chi connectivity index (χ1n) is 11.4. The fourth-order valence-electron chi connectivity index (χ4n) is 3.47. The Morgan fingerprint density at radius 1 is 0.771 bits per heavy atom. The topological polar surface area (TPSA) is 65.1 Å². The van der Waals surface area contributed by atoms with E-state index >= 15 is 0 Å². The van der Waals surface area contributed by atoms with E-state index in [1.807, 2.05) is 86.6 Å². The number of hydrogen-bond donors (Lipinski definition) is 0. The maximum atomic E-state index is 12.9. The highest BCUT2D eigenvalue weighted by Gasteiger charge is 2.35. The first-order chi connectivity index (χ1) is 17.0. The van der Waals surface area contributed by atoms with Crippen molar-refractivity contribution >= 4 is 29.0 Å². The average Bonchev–Trinajstić information content (AvgIpc) is 3.11. The molecule has 7 heteroatoms.